The zero-order valence-electron chi connectivity index (χ0n) is 61.0. The summed E-state index contributed by atoms with van der Waals surface area (Å²) in [5.74, 6) is -9.35. The van der Waals surface area contributed by atoms with Crippen molar-refractivity contribution in [2.45, 2.75) is 169 Å². The second-order valence-corrected chi connectivity index (χ2v) is 29.2. The number of phenols is 1. The van der Waals surface area contributed by atoms with Gasteiger partial charge in [0.1, 0.15) is 30.1 Å². The van der Waals surface area contributed by atoms with Crippen molar-refractivity contribution >= 4 is 113 Å². The number of aromatic nitrogens is 1. The fraction of sp³-hybridized carbons (Fsp3) is 0.487. The van der Waals surface area contributed by atoms with Crippen molar-refractivity contribution in [3.63, 3.8) is 0 Å². The van der Waals surface area contributed by atoms with Gasteiger partial charge < -0.3 is 81.5 Å². The lowest BCUT2D eigenvalue weighted by molar-refractivity contribution is -0.137. The number of ketones is 1. The van der Waals surface area contributed by atoms with Crippen molar-refractivity contribution in [1.29, 1.82) is 0 Å². The van der Waals surface area contributed by atoms with Crippen LogP contribution in [0.2, 0.25) is 0 Å². The minimum absolute atomic E-state index is 0.0125. The van der Waals surface area contributed by atoms with Crippen LogP contribution in [0.25, 0.3) is 31.2 Å². The number of primary amides is 1. The Kier molecular flexibility index (Phi) is 26.0. The molecule has 1 fully saturated rings. The number of anilines is 3. The molecule has 4 bridgehead atoms. The molecule has 0 radical (unpaired) electrons. The molecular weight excluding hydrogens is 1370 g/mol. The number of aliphatic hydroxyl groups is 3. The van der Waals surface area contributed by atoms with E-state index in [4.69, 9.17) is 29.7 Å². The van der Waals surface area contributed by atoms with Crippen LogP contribution < -0.4 is 47.4 Å². The highest BCUT2D eigenvalue weighted by Crippen LogP contribution is 2.50. The van der Waals surface area contributed by atoms with Gasteiger partial charge in [-0.1, -0.05) is 78.3 Å². The van der Waals surface area contributed by atoms with Crippen molar-refractivity contribution in [2.24, 2.45) is 35.3 Å². The van der Waals surface area contributed by atoms with Gasteiger partial charge in [0.25, 0.3) is 23.5 Å². The van der Waals surface area contributed by atoms with Crippen LogP contribution in [0, 0.1) is 36.5 Å². The molecular formula is C76H96N10O18S. The topological polar surface area (TPSA) is 397 Å². The molecule has 4 aliphatic heterocycles. The van der Waals surface area contributed by atoms with E-state index in [1.54, 1.807) is 103 Å². The Balaban J connectivity index is 0.872. The van der Waals surface area contributed by atoms with Crippen molar-refractivity contribution in [1.82, 2.24) is 30.7 Å². The first-order valence-corrected chi connectivity index (χ1v) is 36.3. The number of ether oxygens (including phenoxy) is 4. The number of aromatic hydroxyl groups is 1. The molecule has 11 N–H and O–H groups in total. The van der Waals surface area contributed by atoms with Gasteiger partial charge in [0.2, 0.25) is 17.7 Å². The molecule has 9 rings (SSSR count). The first-order chi connectivity index (χ1) is 49.8. The summed E-state index contributed by atoms with van der Waals surface area (Å²) >= 11 is 1.17. The Morgan fingerprint density at radius 3 is 2.20 bits per heavy atom. The van der Waals surface area contributed by atoms with Crippen LogP contribution in [-0.2, 0) is 49.6 Å². The quantitative estimate of drug-likeness (QED) is 0.0111. The van der Waals surface area contributed by atoms with Crippen LogP contribution in [-0.4, -0.2) is 177 Å². The Labute approximate surface area is 612 Å². The lowest BCUT2D eigenvalue weighted by Crippen LogP contribution is -2.54. The number of phenolic OH excluding ortho intramolecular Hbond substituents is 1. The lowest BCUT2D eigenvalue weighted by Gasteiger charge is -2.37. The fourth-order valence-corrected chi connectivity index (χ4v) is 14.7. The third kappa shape index (κ3) is 18.1. The van der Waals surface area contributed by atoms with Crippen molar-refractivity contribution < 1.29 is 82.5 Å². The van der Waals surface area contributed by atoms with Crippen molar-refractivity contribution in [2.75, 3.05) is 55.9 Å². The summed E-state index contributed by atoms with van der Waals surface area (Å²) in [5, 5.41) is 60.3. The lowest BCUT2D eigenvalue weighted by atomic mass is 9.78. The van der Waals surface area contributed by atoms with Gasteiger partial charge in [-0.2, -0.15) is 0 Å². The van der Waals surface area contributed by atoms with Gasteiger partial charge in [0, 0.05) is 123 Å². The molecule has 5 heterocycles. The number of carbonyl (C=O) groups is 9. The number of methoxy groups -OCH3 is 1. The summed E-state index contributed by atoms with van der Waals surface area (Å²) < 4.78 is 24.8. The van der Waals surface area contributed by atoms with Gasteiger partial charge in [-0.3, -0.25) is 43.3 Å². The highest BCUT2D eigenvalue weighted by atomic mass is 32.1. The van der Waals surface area contributed by atoms with E-state index in [0.717, 1.165) is 10.6 Å². The highest BCUT2D eigenvalue weighted by molar-refractivity contribution is 7.25. The summed E-state index contributed by atoms with van der Waals surface area (Å²) in [7, 11) is 3.11. The van der Waals surface area contributed by atoms with Crippen LogP contribution in [0.3, 0.4) is 0 Å². The molecule has 11 atom stereocenters. The second kappa shape index (κ2) is 34.4. The monoisotopic (exact) mass is 1470 g/mol. The maximum atomic E-state index is 15.0. The van der Waals surface area contributed by atoms with Crippen LogP contribution in [0.5, 0.6) is 11.5 Å². The maximum absolute atomic E-state index is 15.0. The number of nitrogens with two attached hydrogens (primary N) is 1. The predicted octanol–water partition coefficient (Wildman–Crippen LogP) is 7.63. The minimum atomic E-state index is -2.06. The number of hydrogen-bond donors (Lipinski definition) is 10. The first kappa shape index (κ1) is 79.3. The molecule has 5 aromatic rings. The number of nitrogens with one attached hydrogen (secondary N) is 5. The second-order valence-electron chi connectivity index (χ2n) is 28.1. The highest BCUT2D eigenvalue weighted by Gasteiger charge is 2.50. The van der Waals surface area contributed by atoms with Crippen LogP contribution in [0.4, 0.5) is 26.7 Å². The third-order valence-electron chi connectivity index (χ3n) is 20.4. The number of amides is 9. The average Bonchev–Trinajstić information content (AvgIpc) is 1.64. The number of nitrogens with zero attached hydrogens (tertiary/aromatic N) is 4. The predicted molar refractivity (Wildman–Crippen MR) is 396 cm³/mol. The van der Waals surface area contributed by atoms with Gasteiger partial charge in [0.05, 0.1) is 62.1 Å². The van der Waals surface area contributed by atoms with Crippen LogP contribution in [0.15, 0.2) is 95.6 Å². The number of imide groups is 1. The molecule has 4 aliphatic rings. The number of benzene rings is 4. The molecule has 564 valence electrons. The molecule has 1 unspecified atom stereocenters. The zero-order chi connectivity index (χ0) is 76.5. The van der Waals surface area contributed by atoms with E-state index in [1.165, 1.54) is 62.9 Å². The van der Waals surface area contributed by atoms with Gasteiger partial charge in [-0.25, -0.2) is 14.6 Å². The Bertz CT molecular complexity index is 4320. The van der Waals surface area contributed by atoms with Gasteiger partial charge in [-0.05, 0) is 100 Å². The maximum Gasteiger partial charge on any atom is 0.410 e. The Morgan fingerprint density at radius 2 is 1.53 bits per heavy atom. The van der Waals surface area contributed by atoms with Crippen molar-refractivity contribution in [3.8, 4) is 11.5 Å². The molecule has 0 spiro atoms. The zero-order valence-corrected chi connectivity index (χ0v) is 61.8. The summed E-state index contributed by atoms with van der Waals surface area (Å²) in [5.41, 5.74) is 6.91. The van der Waals surface area contributed by atoms with E-state index < -0.39 is 113 Å². The first-order valence-electron chi connectivity index (χ1n) is 35.5. The number of unbranched alkanes of at least 4 members (excludes halogenated alkanes) is 2. The summed E-state index contributed by atoms with van der Waals surface area (Å²) in [6.07, 6.45) is 8.33. The SMILES string of the molecule is CO[C@H]1/C=C/O[C@@]2(C)Oc3c(C)c(=O)c4c(O)c(c5sc6cc(N7CCC(N(C)C(=O)OCc8ccc(NC(=O)[C@H](CCCNC(N)=O)NC(=O)C(NC(=O)CCCCCN9C(=O)C=CC9=O)C(C)C)cc8)CC7)ccc6nc5c4c3C2=O)NC(=O)/C(C)=C\C=C\[C@H](C)[C@H](O)[C@@H](C)[C@@H](O)[C@@H](C)[C@H](O)[C@@H]1C. The molecule has 9 amide bonds. The van der Waals surface area contributed by atoms with E-state index in [0.29, 0.717) is 66.7 Å². The van der Waals surface area contributed by atoms with Crippen LogP contribution in [0.1, 0.15) is 128 Å². The summed E-state index contributed by atoms with van der Waals surface area (Å²) in [6, 6.07) is 9.18. The van der Waals surface area contributed by atoms with Gasteiger partial charge >= 0.3 is 17.9 Å². The van der Waals surface area contributed by atoms with Crippen LogP contribution >= 0.6 is 11.3 Å². The number of hydrogen-bond acceptors (Lipinski definition) is 21. The normalized spacial score (nSPS) is 24.2. The number of rotatable bonds is 21. The number of Topliss-reactive ketones (excluding diaryl/α,β-unsaturated/α-hetero) is 1. The number of aliphatic hydroxyl groups excluding tert-OH is 3. The molecule has 0 aliphatic carbocycles. The summed E-state index contributed by atoms with van der Waals surface area (Å²) in [4.78, 5) is 143. The molecule has 28 nitrogen and oxygen atoms in total. The van der Waals surface area contributed by atoms with E-state index in [2.05, 4.69) is 31.5 Å². The van der Waals surface area contributed by atoms with E-state index in [-0.39, 0.29) is 118 Å². The number of urea groups is 1. The standard InChI is InChI=1S/C76H96N10O18S/c1-39(2)60(82-54(87)20-13-12-14-33-86-55(88)27-28-56(86)89)73(98)81-51(19-16-32-78-74(77)99)72(97)79-47-23-21-46(22-24-47)38-102-75(100)84(10)48-29-34-85(35-30-48)49-25-26-50-53(37-49)105-69-61(80-50)57-58-66(93)45(8)68-59(57)70(95)76(9,104-68)103-36-31-52(101-11)42(5)64(91)44(7)65(92)43(6)63(90)40(3)17-15-18-41(4)71(96)83-62(69)67(58)94/h15,17-18,21-28,31,36-37,39-40,42-44,48,51-52,60,63-65,90-92,94H,12-14,16,19-20,29-30,32-35,38H2,1-11H3,(H,79,97)(H,81,98)(H,82,87)(H,83,96)(H3,77,78,99)/b17-15+,36-31+,41-18-/t40-,42+,43+,44-,51-,52-,60?,63-,64+,65+,76-/m0/s1. The largest absolute Gasteiger partial charge is 0.505 e. The molecule has 1 saturated heterocycles. The van der Waals surface area contributed by atoms with Gasteiger partial charge in [0.15, 0.2) is 11.2 Å². The smallest absolute Gasteiger partial charge is 0.410 e. The molecule has 1 aromatic heterocycles. The minimum Gasteiger partial charge on any atom is -0.505 e. The average molecular weight is 1470 g/mol. The molecule has 0 saturated carbocycles. The number of allylic oxidation sites excluding steroid dienone is 2. The third-order valence-corrected chi connectivity index (χ3v) is 21.5. The Morgan fingerprint density at radius 1 is 0.857 bits per heavy atom. The van der Waals surface area contributed by atoms with Gasteiger partial charge in [-0.15, -0.1) is 11.3 Å². The summed E-state index contributed by atoms with van der Waals surface area (Å²) in [6.45, 7) is 16.1. The number of piperidine rings is 1. The van der Waals surface area contributed by atoms with E-state index >= 15 is 0 Å². The molecule has 29 heteroatoms. The van der Waals surface area contributed by atoms with Crippen molar-refractivity contribution in [3.05, 3.63) is 118 Å². The van der Waals surface area contributed by atoms with E-state index in [9.17, 15) is 68.4 Å². The Hall–Kier alpha value is -9.81. The molecule has 105 heavy (non-hydrogen) atoms. The molecule has 4 aromatic carbocycles. The number of carbonyl (C=O) groups excluding carboxylic acids is 9. The number of fused-ring (bicyclic) bond motifs is 2. The fourth-order valence-electron chi connectivity index (χ4n) is 13.6. The van der Waals surface area contributed by atoms with E-state index in [1.807, 2.05) is 12.1 Å².